The second kappa shape index (κ2) is 9.89. The van der Waals surface area contributed by atoms with Gasteiger partial charge >= 0.3 is 5.97 Å². The molecule has 9 heteroatoms. The molecule has 0 aromatic heterocycles. The first-order valence-corrected chi connectivity index (χ1v) is 11.6. The summed E-state index contributed by atoms with van der Waals surface area (Å²) in [4.78, 5) is 24.4. The van der Waals surface area contributed by atoms with Crippen LogP contribution in [-0.2, 0) is 29.1 Å². The van der Waals surface area contributed by atoms with Crippen molar-refractivity contribution in [3.8, 4) is 0 Å². The summed E-state index contributed by atoms with van der Waals surface area (Å²) >= 11 is 0. The Morgan fingerprint density at radius 3 is 2.33 bits per heavy atom. The van der Waals surface area contributed by atoms with E-state index in [9.17, 15) is 18.0 Å². The van der Waals surface area contributed by atoms with Crippen LogP contribution in [0.15, 0.2) is 17.0 Å². The Labute approximate surface area is 178 Å². The van der Waals surface area contributed by atoms with Crippen LogP contribution < -0.4 is 10.0 Å². The highest BCUT2D eigenvalue weighted by atomic mass is 32.2. The van der Waals surface area contributed by atoms with Crippen molar-refractivity contribution in [2.24, 2.45) is 5.92 Å². The second-order valence-electron chi connectivity index (χ2n) is 8.28. The van der Waals surface area contributed by atoms with Gasteiger partial charge in [0.05, 0.1) is 17.5 Å². The van der Waals surface area contributed by atoms with Crippen LogP contribution in [0.4, 0.5) is 0 Å². The first-order valence-electron chi connectivity index (χ1n) is 10.1. The lowest BCUT2D eigenvalue weighted by Gasteiger charge is -2.25. The highest BCUT2D eigenvalue weighted by Gasteiger charge is 2.35. The molecule has 0 bridgehead atoms. The van der Waals surface area contributed by atoms with E-state index in [0.29, 0.717) is 30.6 Å². The van der Waals surface area contributed by atoms with Crippen molar-refractivity contribution >= 4 is 21.9 Å². The number of benzene rings is 1. The average molecular weight is 441 g/mol. The normalized spacial score (nSPS) is 20.2. The highest BCUT2D eigenvalue weighted by molar-refractivity contribution is 7.89. The monoisotopic (exact) mass is 440 g/mol. The molecule has 2 rings (SSSR count). The maximum absolute atomic E-state index is 13.1. The first-order chi connectivity index (χ1) is 13.9. The molecule has 1 saturated heterocycles. The molecular formula is C21H32N2O6S. The molecule has 30 heavy (non-hydrogen) atoms. The molecule has 1 aromatic rings. The molecule has 1 amide bonds. The molecule has 0 spiro atoms. The molecule has 1 aliphatic heterocycles. The van der Waals surface area contributed by atoms with E-state index in [2.05, 4.69) is 10.0 Å². The number of rotatable bonds is 8. The van der Waals surface area contributed by atoms with Crippen LogP contribution in [0.1, 0.15) is 50.3 Å². The number of sulfonamides is 1. The van der Waals surface area contributed by atoms with E-state index in [1.165, 1.54) is 6.92 Å². The Kier molecular flexibility index (Phi) is 8.01. The van der Waals surface area contributed by atoms with E-state index in [0.717, 1.165) is 5.56 Å². The smallest absolute Gasteiger partial charge is 0.305 e. The first kappa shape index (κ1) is 24.3. The van der Waals surface area contributed by atoms with Crippen LogP contribution in [0.5, 0.6) is 0 Å². The number of carbonyl (C=O) groups is 2. The summed E-state index contributed by atoms with van der Waals surface area (Å²) in [6.45, 7) is 10.8. The molecule has 0 unspecified atom stereocenters. The quantitative estimate of drug-likeness (QED) is 0.599. The van der Waals surface area contributed by atoms with Gasteiger partial charge in [-0.1, -0.05) is 31.5 Å². The van der Waals surface area contributed by atoms with E-state index in [1.54, 1.807) is 26.0 Å². The zero-order chi connectivity index (χ0) is 22.6. The fourth-order valence-electron chi connectivity index (χ4n) is 3.78. The third-order valence-corrected chi connectivity index (χ3v) is 6.62. The van der Waals surface area contributed by atoms with Gasteiger partial charge in [0.25, 0.3) is 0 Å². The minimum absolute atomic E-state index is 0.0766. The van der Waals surface area contributed by atoms with Crippen molar-refractivity contribution in [3.63, 3.8) is 0 Å². The Morgan fingerprint density at radius 1 is 1.20 bits per heavy atom. The fourth-order valence-corrected chi connectivity index (χ4v) is 5.44. The van der Waals surface area contributed by atoms with Crippen LogP contribution in [0.2, 0.25) is 0 Å². The molecule has 0 aliphatic carbocycles. The van der Waals surface area contributed by atoms with E-state index >= 15 is 0 Å². The molecule has 1 aliphatic rings. The van der Waals surface area contributed by atoms with Crippen LogP contribution in [0.25, 0.3) is 0 Å². The number of aryl methyl sites for hydroxylation is 3. The van der Waals surface area contributed by atoms with Gasteiger partial charge in [-0.25, -0.2) is 8.42 Å². The largest absolute Gasteiger partial charge is 0.434 e. The van der Waals surface area contributed by atoms with E-state index in [-0.39, 0.29) is 10.8 Å². The topological polar surface area (TPSA) is 111 Å². The van der Waals surface area contributed by atoms with Crippen molar-refractivity contribution in [3.05, 3.63) is 28.8 Å². The van der Waals surface area contributed by atoms with Crippen LogP contribution in [-0.4, -0.2) is 45.3 Å². The van der Waals surface area contributed by atoms with Crippen LogP contribution >= 0.6 is 0 Å². The van der Waals surface area contributed by atoms with Crippen molar-refractivity contribution in [1.29, 1.82) is 0 Å². The highest BCUT2D eigenvalue weighted by Crippen LogP contribution is 2.23. The maximum atomic E-state index is 13.1. The van der Waals surface area contributed by atoms with Crippen molar-refractivity contribution in [2.75, 3.05) is 6.61 Å². The number of nitrogens with one attached hydrogen (secondary N) is 2. The third-order valence-electron chi connectivity index (χ3n) is 4.84. The predicted octanol–water partition coefficient (Wildman–Crippen LogP) is 2.10. The van der Waals surface area contributed by atoms with Gasteiger partial charge in [0.15, 0.2) is 0 Å². The average Bonchev–Trinajstić information content (AvgIpc) is 2.98. The van der Waals surface area contributed by atoms with E-state index in [1.807, 2.05) is 20.8 Å². The zero-order valence-corrected chi connectivity index (χ0v) is 19.3. The number of carbonyl (C=O) groups excluding carboxylic acids is 2. The molecule has 1 aromatic carbocycles. The molecule has 1 fully saturated rings. The Hall–Kier alpha value is -1.97. The summed E-state index contributed by atoms with van der Waals surface area (Å²) in [5.74, 6) is -0.902. The summed E-state index contributed by atoms with van der Waals surface area (Å²) in [5.41, 5.74) is 2.23. The molecule has 3 atom stereocenters. The van der Waals surface area contributed by atoms with Gasteiger partial charge in [0.1, 0.15) is 6.04 Å². The summed E-state index contributed by atoms with van der Waals surface area (Å²) in [5, 5.41) is 2.78. The van der Waals surface area contributed by atoms with Crippen molar-refractivity contribution in [2.45, 2.75) is 77.7 Å². The van der Waals surface area contributed by atoms with Crippen LogP contribution in [0.3, 0.4) is 0 Å². The Balaban J connectivity index is 2.23. The number of esters is 1. The molecule has 8 nitrogen and oxygen atoms in total. The summed E-state index contributed by atoms with van der Waals surface area (Å²) < 4.78 is 39.3. The second-order valence-corrected chi connectivity index (χ2v) is 9.93. The van der Waals surface area contributed by atoms with Gasteiger partial charge < -0.3 is 14.8 Å². The predicted molar refractivity (Wildman–Crippen MR) is 112 cm³/mol. The molecule has 1 heterocycles. The molecule has 168 valence electrons. The number of amides is 1. The standard InChI is InChI=1S/C21H32N2O6S/c1-12(2)9-18(20(25)22-17-7-8-28-21(17)29-16(6)24)23-30(26,27)19-14(4)10-13(3)11-15(19)5/h10-12,17-18,21,23H,7-9H2,1-6H3,(H,22,25)/t17-,18-,21-/m0/s1. The zero-order valence-electron chi connectivity index (χ0n) is 18.4. The third kappa shape index (κ3) is 6.26. The van der Waals surface area contributed by atoms with Gasteiger partial charge in [-0.05, 0) is 50.7 Å². The minimum Gasteiger partial charge on any atom is -0.434 e. The van der Waals surface area contributed by atoms with Gasteiger partial charge in [0.2, 0.25) is 22.2 Å². The number of hydrogen-bond donors (Lipinski definition) is 2. The summed E-state index contributed by atoms with van der Waals surface area (Å²) in [6.07, 6.45) is -0.0775. The molecule has 0 radical (unpaired) electrons. The van der Waals surface area contributed by atoms with E-state index < -0.39 is 40.3 Å². The van der Waals surface area contributed by atoms with Crippen molar-refractivity contribution in [1.82, 2.24) is 10.0 Å². The van der Waals surface area contributed by atoms with Crippen molar-refractivity contribution < 1.29 is 27.5 Å². The Morgan fingerprint density at radius 2 is 1.80 bits per heavy atom. The Bertz CT molecular complexity index is 874. The summed E-state index contributed by atoms with van der Waals surface area (Å²) in [6, 6.07) is 2.12. The number of ether oxygens (including phenoxy) is 2. The lowest BCUT2D eigenvalue weighted by atomic mass is 10.0. The molecule has 0 saturated carbocycles. The molecule has 2 N–H and O–H groups in total. The summed E-state index contributed by atoms with van der Waals surface area (Å²) in [7, 11) is -3.92. The minimum atomic E-state index is -3.92. The van der Waals surface area contributed by atoms with Gasteiger partial charge in [-0.15, -0.1) is 0 Å². The maximum Gasteiger partial charge on any atom is 0.305 e. The van der Waals surface area contributed by atoms with E-state index in [4.69, 9.17) is 9.47 Å². The van der Waals surface area contributed by atoms with Gasteiger partial charge in [-0.3, -0.25) is 9.59 Å². The SMILES string of the molecule is CC(=O)O[C@@H]1OCC[C@@H]1NC(=O)[C@H](CC(C)C)NS(=O)(=O)c1c(C)cc(C)cc1C. The fraction of sp³-hybridized carbons (Fsp3) is 0.619. The van der Waals surface area contributed by atoms with Gasteiger partial charge in [-0.2, -0.15) is 4.72 Å². The lowest BCUT2D eigenvalue weighted by molar-refractivity contribution is -0.170. The number of hydrogen-bond acceptors (Lipinski definition) is 6. The van der Waals surface area contributed by atoms with Crippen LogP contribution in [0, 0.1) is 26.7 Å². The molecular weight excluding hydrogens is 408 g/mol. The van der Waals surface area contributed by atoms with Gasteiger partial charge in [0, 0.05) is 6.92 Å². The lowest BCUT2D eigenvalue weighted by Crippen LogP contribution is -2.52.